The second-order valence-electron chi connectivity index (χ2n) is 8.14. The Bertz CT molecular complexity index is 1370. The molecular formula is C24H22ClF3N4O3. The molecule has 0 spiro atoms. The lowest BCUT2D eigenvalue weighted by molar-refractivity contribution is -0.141. The summed E-state index contributed by atoms with van der Waals surface area (Å²) in [7, 11) is 3.07. The van der Waals surface area contributed by atoms with Crippen LogP contribution in [0.4, 0.5) is 13.2 Å². The largest absolute Gasteiger partial charge is 0.484 e. The van der Waals surface area contributed by atoms with Gasteiger partial charge in [-0.15, -0.1) is 0 Å². The molecule has 1 unspecified atom stereocenters. The summed E-state index contributed by atoms with van der Waals surface area (Å²) in [5, 5.41) is 16.9. The normalized spacial score (nSPS) is 13.8. The van der Waals surface area contributed by atoms with E-state index in [0.717, 1.165) is 12.3 Å². The highest BCUT2D eigenvalue weighted by Crippen LogP contribution is 2.43. The fourth-order valence-electron chi connectivity index (χ4n) is 3.85. The minimum atomic E-state index is -4.61. The molecule has 0 fully saturated rings. The van der Waals surface area contributed by atoms with E-state index in [4.69, 9.17) is 21.1 Å². The SMILES string of the molecule is COc1nc2ccc(C(O)(c3ccc(C(F)(F)F)nc3)c3ccnn3C)cc2c(Cl)c1OC(C)C. The highest BCUT2D eigenvalue weighted by molar-refractivity contribution is 6.37. The van der Waals surface area contributed by atoms with Gasteiger partial charge in [0.2, 0.25) is 5.75 Å². The molecule has 7 nitrogen and oxygen atoms in total. The molecule has 0 aliphatic heterocycles. The molecule has 0 radical (unpaired) electrons. The number of aliphatic hydroxyl groups is 1. The van der Waals surface area contributed by atoms with Crippen molar-refractivity contribution in [1.29, 1.82) is 0 Å². The number of nitrogens with zero attached hydrogens (tertiary/aromatic N) is 4. The van der Waals surface area contributed by atoms with E-state index >= 15 is 0 Å². The zero-order valence-corrected chi connectivity index (χ0v) is 20.0. The fourth-order valence-corrected chi connectivity index (χ4v) is 4.13. The number of alkyl halides is 3. The number of methoxy groups -OCH3 is 1. The van der Waals surface area contributed by atoms with Crippen molar-refractivity contribution in [3.63, 3.8) is 0 Å². The maximum Gasteiger partial charge on any atom is 0.433 e. The maximum atomic E-state index is 13.1. The van der Waals surface area contributed by atoms with Crippen LogP contribution in [-0.4, -0.2) is 38.1 Å². The first-order valence-electron chi connectivity index (χ1n) is 10.6. The quantitative estimate of drug-likeness (QED) is 0.391. The third-order valence-corrected chi connectivity index (χ3v) is 5.85. The first-order chi connectivity index (χ1) is 16.5. The predicted octanol–water partition coefficient (Wildman–Crippen LogP) is 5.12. The van der Waals surface area contributed by atoms with Crippen LogP contribution in [0.2, 0.25) is 5.02 Å². The van der Waals surface area contributed by atoms with Gasteiger partial charge in [-0.25, -0.2) is 4.98 Å². The molecule has 1 aromatic carbocycles. The van der Waals surface area contributed by atoms with Crippen LogP contribution in [0.3, 0.4) is 0 Å². The zero-order valence-electron chi connectivity index (χ0n) is 19.3. The number of benzene rings is 1. The van der Waals surface area contributed by atoms with E-state index in [0.29, 0.717) is 22.2 Å². The van der Waals surface area contributed by atoms with E-state index in [1.165, 1.54) is 24.1 Å². The van der Waals surface area contributed by atoms with Gasteiger partial charge in [-0.2, -0.15) is 18.3 Å². The van der Waals surface area contributed by atoms with Crippen LogP contribution in [0.15, 0.2) is 48.8 Å². The molecule has 0 saturated carbocycles. The summed E-state index contributed by atoms with van der Waals surface area (Å²) in [5.41, 5.74) is -1.75. The number of hydrogen-bond donors (Lipinski definition) is 1. The Morgan fingerprint density at radius 3 is 2.34 bits per heavy atom. The number of halogens is 4. The van der Waals surface area contributed by atoms with Gasteiger partial charge < -0.3 is 14.6 Å². The summed E-state index contributed by atoms with van der Waals surface area (Å²) >= 11 is 6.68. The molecule has 11 heteroatoms. The Morgan fingerprint density at radius 2 is 1.80 bits per heavy atom. The van der Waals surface area contributed by atoms with Crippen molar-refractivity contribution in [1.82, 2.24) is 19.7 Å². The van der Waals surface area contributed by atoms with Crippen LogP contribution in [0.5, 0.6) is 11.6 Å². The summed E-state index contributed by atoms with van der Waals surface area (Å²) in [5.74, 6) is 0.451. The maximum absolute atomic E-state index is 13.1. The number of ether oxygens (including phenoxy) is 2. The molecule has 3 heterocycles. The number of pyridine rings is 2. The van der Waals surface area contributed by atoms with Gasteiger partial charge in [-0.05, 0) is 43.7 Å². The van der Waals surface area contributed by atoms with Crippen molar-refractivity contribution in [2.45, 2.75) is 31.7 Å². The number of aromatic nitrogens is 4. The zero-order chi connectivity index (χ0) is 25.5. The molecule has 4 rings (SSSR count). The van der Waals surface area contributed by atoms with Crippen molar-refractivity contribution in [3.8, 4) is 11.6 Å². The Hall–Kier alpha value is -3.37. The van der Waals surface area contributed by atoms with Gasteiger partial charge >= 0.3 is 6.18 Å². The molecule has 3 aromatic heterocycles. The van der Waals surface area contributed by atoms with Crippen molar-refractivity contribution >= 4 is 22.5 Å². The Morgan fingerprint density at radius 1 is 1.09 bits per heavy atom. The Balaban J connectivity index is 1.96. The lowest BCUT2D eigenvalue weighted by atomic mass is 9.83. The van der Waals surface area contributed by atoms with Crippen LogP contribution in [-0.2, 0) is 18.8 Å². The van der Waals surface area contributed by atoms with E-state index in [-0.39, 0.29) is 28.3 Å². The third kappa shape index (κ3) is 4.39. The average Bonchev–Trinajstić information content (AvgIpc) is 3.25. The van der Waals surface area contributed by atoms with Crippen LogP contribution < -0.4 is 9.47 Å². The van der Waals surface area contributed by atoms with Gasteiger partial charge in [0.1, 0.15) is 5.69 Å². The molecule has 184 valence electrons. The topological polar surface area (TPSA) is 82.3 Å². The van der Waals surface area contributed by atoms with Gasteiger partial charge in [0, 0.05) is 30.4 Å². The van der Waals surface area contributed by atoms with Crippen molar-refractivity contribution in [3.05, 3.63) is 76.3 Å². The smallest absolute Gasteiger partial charge is 0.433 e. The molecular weight excluding hydrogens is 485 g/mol. The van der Waals surface area contributed by atoms with Gasteiger partial charge in [0.05, 0.1) is 29.4 Å². The highest BCUT2D eigenvalue weighted by Gasteiger charge is 2.39. The summed E-state index contributed by atoms with van der Waals surface area (Å²) in [4.78, 5) is 8.00. The predicted molar refractivity (Wildman–Crippen MR) is 124 cm³/mol. The minimum Gasteiger partial charge on any atom is -0.484 e. The Kier molecular flexibility index (Phi) is 6.37. The van der Waals surface area contributed by atoms with E-state index in [1.807, 2.05) is 13.8 Å². The number of rotatable bonds is 6. The van der Waals surface area contributed by atoms with Gasteiger partial charge in [-0.3, -0.25) is 9.67 Å². The van der Waals surface area contributed by atoms with Crippen molar-refractivity contribution < 1.29 is 27.8 Å². The second kappa shape index (κ2) is 9.01. The third-order valence-electron chi connectivity index (χ3n) is 5.48. The molecule has 35 heavy (non-hydrogen) atoms. The van der Waals surface area contributed by atoms with Gasteiger partial charge in [-0.1, -0.05) is 23.7 Å². The molecule has 4 aromatic rings. The van der Waals surface area contributed by atoms with Crippen LogP contribution in [0, 0.1) is 0 Å². The van der Waals surface area contributed by atoms with Crippen LogP contribution >= 0.6 is 11.6 Å². The number of aryl methyl sites for hydroxylation is 1. The summed E-state index contributed by atoms with van der Waals surface area (Å²) in [6.07, 6.45) is -2.35. The Labute approximate surface area is 204 Å². The standard InChI is InChI=1S/C24H22ClF3N4O3/c1-13(2)35-21-20(25)16-11-14(5-7-17(16)31-22(21)34-4)23(33,19-9-10-30-32(19)3)15-6-8-18(29-12-15)24(26,27)28/h5-13,33H,1-4H3. The second-order valence-corrected chi connectivity index (χ2v) is 8.52. The van der Waals surface area contributed by atoms with Crippen molar-refractivity contribution in [2.75, 3.05) is 7.11 Å². The van der Waals surface area contributed by atoms with E-state index in [9.17, 15) is 18.3 Å². The number of hydrogen-bond acceptors (Lipinski definition) is 6. The van der Waals surface area contributed by atoms with E-state index in [2.05, 4.69) is 15.1 Å². The van der Waals surface area contributed by atoms with E-state index < -0.39 is 17.5 Å². The molecule has 0 saturated heterocycles. The lowest BCUT2D eigenvalue weighted by Gasteiger charge is -2.30. The van der Waals surface area contributed by atoms with Gasteiger partial charge in [0.25, 0.3) is 5.88 Å². The number of fused-ring (bicyclic) bond motifs is 1. The molecule has 0 aliphatic rings. The monoisotopic (exact) mass is 506 g/mol. The van der Waals surface area contributed by atoms with Gasteiger partial charge in [0.15, 0.2) is 5.60 Å². The minimum absolute atomic E-state index is 0.115. The summed E-state index contributed by atoms with van der Waals surface area (Å²) < 4.78 is 51.9. The molecule has 0 bridgehead atoms. The van der Waals surface area contributed by atoms with Crippen LogP contribution in [0.25, 0.3) is 10.9 Å². The molecule has 0 aliphatic carbocycles. The fraction of sp³-hybridized carbons (Fsp3) is 0.292. The lowest BCUT2D eigenvalue weighted by Crippen LogP contribution is -2.32. The first kappa shape index (κ1) is 24.7. The first-order valence-corrected chi connectivity index (χ1v) is 10.9. The highest BCUT2D eigenvalue weighted by atomic mass is 35.5. The molecule has 1 atom stereocenters. The summed E-state index contributed by atoms with van der Waals surface area (Å²) in [6, 6.07) is 8.45. The summed E-state index contributed by atoms with van der Waals surface area (Å²) in [6.45, 7) is 3.66. The molecule has 1 N–H and O–H groups in total. The molecule has 0 amide bonds. The van der Waals surface area contributed by atoms with E-state index in [1.54, 1.807) is 31.3 Å². The average molecular weight is 507 g/mol. The van der Waals surface area contributed by atoms with Crippen molar-refractivity contribution in [2.24, 2.45) is 7.05 Å². The van der Waals surface area contributed by atoms with Crippen LogP contribution in [0.1, 0.15) is 36.4 Å².